The van der Waals surface area contributed by atoms with Crippen LogP contribution in [0, 0.1) is 0 Å². The molecule has 0 atom stereocenters. The van der Waals surface area contributed by atoms with Gasteiger partial charge in [-0.05, 0) is 0 Å². The zero-order valence-electron chi connectivity index (χ0n) is 2.63. The van der Waals surface area contributed by atoms with Crippen LogP contribution < -0.4 is 0 Å². The minimum absolute atomic E-state index is 0.692. The van der Waals surface area contributed by atoms with E-state index in [9.17, 15) is 13.2 Å². The molecule has 0 aromatic carbocycles. The summed E-state index contributed by atoms with van der Waals surface area (Å²) in [4.78, 5) is 0. The van der Waals surface area contributed by atoms with Crippen LogP contribution in [0.3, 0.4) is 0 Å². The summed E-state index contributed by atoms with van der Waals surface area (Å²) in [5, 5.41) is 0. The second-order valence-electron chi connectivity index (χ2n) is 0.781. The average Bonchev–Trinajstić information content (AvgIpc) is 0.722. The first-order valence-electron chi connectivity index (χ1n) is 1.07. The third-order valence-corrected chi connectivity index (χ3v) is 0. The second kappa shape index (κ2) is 1.00. The SMILES string of the molecule is FC(F)(F)[SiH3]. The summed E-state index contributed by atoms with van der Waals surface area (Å²) in [6.45, 7) is 0. The molecule has 0 rings (SSSR count). The molecular formula is CH3F3Si. The Morgan fingerprint density at radius 3 is 1.20 bits per heavy atom. The Bertz CT molecular complexity index is 22.4. The molecule has 0 aliphatic carbocycles. The molecule has 0 aromatic rings. The van der Waals surface area contributed by atoms with Crippen LogP contribution in [0.25, 0.3) is 0 Å². The quantitative estimate of drug-likeness (QED) is 0.372. The van der Waals surface area contributed by atoms with Crippen LogP contribution in [-0.4, -0.2) is 16.0 Å². The maximum absolute atomic E-state index is 10.4. The van der Waals surface area contributed by atoms with E-state index in [0.717, 1.165) is 0 Å². The van der Waals surface area contributed by atoms with Gasteiger partial charge in [0.25, 0.3) is 0 Å². The third kappa shape index (κ3) is 341000. The van der Waals surface area contributed by atoms with Crippen molar-refractivity contribution in [2.45, 2.75) is 5.80 Å². The zero-order valence-corrected chi connectivity index (χ0v) is 4.63. The highest BCUT2D eigenvalue weighted by Crippen LogP contribution is 2.05. The van der Waals surface area contributed by atoms with E-state index in [2.05, 4.69) is 0 Å². The summed E-state index contributed by atoms with van der Waals surface area (Å²) < 4.78 is 31.2. The molecule has 0 spiro atoms. The molecule has 5 heavy (non-hydrogen) atoms. The lowest BCUT2D eigenvalue weighted by Crippen LogP contribution is -2.03. The fourth-order valence-corrected chi connectivity index (χ4v) is 0. The van der Waals surface area contributed by atoms with E-state index in [1.165, 1.54) is 0 Å². The highest BCUT2D eigenvalue weighted by Gasteiger charge is 2.14. The Morgan fingerprint density at radius 2 is 1.20 bits per heavy atom. The Labute approximate surface area is 30.4 Å². The summed E-state index contributed by atoms with van der Waals surface area (Å²) in [6, 6.07) is 0. The van der Waals surface area contributed by atoms with Crippen LogP contribution in [0.5, 0.6) is 0 Å². The first-order chi connectivity index (χ1) is 2.00. The van der Waals surface area contributed by atoms with Gasteiger partial charge in [0, 0.05) is 0 Å². The topological polar surface area (TPSA) is 0 Å². The summed E-state index contributed by atoms with van der Waals surface area (Å²) >= 11 is 0. The molecular weight excluding hydrogens is 97.1 g/mol. The lowest BCUT2D eigenvalue weighted by molar-refractivity contribution is -0.0429. The van der Waals surface area contributed by atoms with Crippen molar-refractivity contribution >= 4 is 10.2 Å². The number of rotatable bonds is 0. The Kier molecular flexibility index (Phi) is 1.01. The highest BCUT2D eigenvalue weighted by molar-refractivity contribution is 6.11. The number of hydrogen-bond donors (Lipinski definition) is 0. The number of halogens is 3. The van der Waals surface area contributed by atoms with Crippen LogP contribution in [0.2, 0.25) is 0 Å². The molecule has 0 aromatic heterocycles. The molecule has 0 nitrogen and oxygen atoms in total. The van der Waals surface area contributed by atoms with Gasteiger partial charge in [-0.1, -0.05) is 0 Å². The first kappa shape index (κ1) is 5.01. The van der Waals surface area contributed by atoms with E-state index < -0.39 is 16.0 Å². The van der Waals surface area contributed by atoms with E-state index >= 15 is 0 Å². The molecule has 0 amide bonds. The van der Waals surface area contributed by atoms with E-state index in [1.807, 2.05) is 0 Å². The monoisotopic (exact) mass is 100.0 g/mol. The molecule has 0 radical (unpaired) electrons. The van der Waals surface area contributed by atoms with Gasteiger partial charge in [-0.3, -0.25) is 0 Å². The Hall–Kier alpha value is 0.00688. The predicted octanol–water partition coefficient (Wildman–Crippen LogP) is -0.128. The van der Waals surface area contributed by atoms with Crippen LogP contribution in [0.15, 0.2) is 0 Å². The summed E-state index contributed by atoms with van der Waals surface area (Å²) in [5.74, 6) is -3.86. The lowest BCUT2D eigenvalue weighted by atomic mass is 11.5. The Morgan fingerprint density at radius 1 is 1.20 bits per heavy atom. The van der Waals surface area contributed by atoms with Gasteiger partial charge in [0.2, 0.25) is 0 Å². The van der Waals surface area contributed by atoms with Crippen LogP contribution in [-0.2, 0) is 0 Å². The molecule has 0 aliphatic rings. The van der Waals surface area contributed by atoms with Crippen molar-refractivity contribution < 1.29 is 13.2 Å². The van der Waals surface area contributed by atoms with Crippen molar-refractivity contribution in [2.24, 2.45) is 0 Å². The molecule has 0 heterocycles. The van der Waals surface area contributed by atoms with E-state index in [4.69, 9.17) is 0 Å². The van der Waals surface area contributed by atoms with Gasteiger partial charge < -0.3 is 0 Å². The predicted molar refractivity (Wildman–Crippen MR) is 16.0 cm³/mol. The lowest BCUT2D eigenvalue weighted by Gasteiger charge is -1.89. The molecule has 0 unspecified atom stereocenters. The number of hydrogen-bond acceptors (Lipinski definition) is 0. The molecule has 0 aliphatic heterocycles. The van der Waals surface area contributed by atoms with Crippen molar-refractivity contribution in [3.05, 3.63) is 0 Å². The summed E-state index contributed by atoms with van der Waals surface area (Å²) in [7, 11) is -0.692. The van der Waals surface area contributed by atoms with Crippen LogP contribution in [0.4, 0.5) is 13.2 Å². The van der Waals surface area contributed by atoms with Crippen molar-refractivity contribution in [1.29, 1.82) is 0 Å². The van der Waals surface area contributed by atoms with Gasteiger partial charge >= 0.3 is 5.80 Å². The largest absolute Gasteiger partial charge is 0.351 e. The van der Waals surface area contributed by atoms with Gasteiger partial charge in [-0.25, -0.2) is 0 Å². The van der Waals surface area contributed by atoms with Crippen molar-refractivity contribution in [2.75, 3.05) is 0 Å². The minimum Gasteiger partial charge on any atom is -0.178 e. The highest BCUT2D eigenvalue weighted by atomic mass is 28.1. The summed E-state index contributed by atoms with van der Waals surface area (Å²) in [5.41, 5.74) is 0. The van der Waals surface area contributed by atoms with Gasteiger partial charge in [-0.2, -0.15) is 13.2 Å². The van der Waals surface area contributed by atoms with Crippen molar-refractivity contribution in [3.63, 3.8) is 0 Å². The molecule has 0 bridgehead atoms. The molecule has 0 fully saturated rings. The maximum atomic E-state index is 10.4. The van der Waals surface area contributed by atoms with Crippen molar-refractivity contribution in [1.82, 2.24) is 0 Å². The van der Waals surface area contributed by atoms with Crippen LogP contribution >= 0.6 is 0 Å². The van der Waals surface area contributed by atoms with E-state index in [0.29, 0.717) is 0 Å². The standard InChI is InChI=1S/CH3F3Si/c2-1(3,4)5/h5H3. The minimum atomic E-state index is -3.86. The van der Waals surface area contributed by atoms with Crippen LogP contribution in [0.1, 0.15) is 0 Å². The molecule has 0 saturated carbocycles. The molecule has 0 N–H and O–H groups in total. The smallest absolute Gasteiger partial charge is 0.178 e. The van der Waals surface area contributed by atoms with E-state index in [-0.39, 0.29) is 0 Å². The summed E-state index contributed by atoms with van der Waals surface area (Å²) in [6.07, 6.45) is 0. The van der Waals surface area contributed by atoms with Gasteiger partial charge in [-0.15, -0.1) is 0 Å². The first-order valence-corrected chi connectivity index (χ1v) is 2.07. The Balaban J connectivity index is 3.02. The molecule has 0 saturated heterocycles. The zero-order chi connectivity index (χ0) is 4.50. The van der Waals surface area contributed by atoms with Crippen molar-refractivity contribution in [3.8, 4) is 0 Å². The normalized spacial score (nSPS) is 12.6. The third-order valence-electron chi connectivity index (χ3n) is 0. The number of alkyl halides is 3. The van der Waals surface area contributed by atoms with Gasteiger partial charge in [0.1, 0.15) is 10.2 Å². The van der Waals surface area contributed by atoms with E-state index in [1.54, 1.807) is 0 Å². The average molecular weight is 100 g/mol. The molecule has 32 valence electrons. The fraction of sp³-hybridized carbons (Fsp3) is 1.00. The molecule has 4 heteroatoms. The second-order valence-corrected chi connectivity index (χ2v) is 1.92. The maximum Gasteiger partial charge on any atom is 0.351 e. The van der Waals surface area contributed by atoms with Gasteiger partial charge in [0.15, 0.2) is 0 Å². The van der Waals surface area contributed by atoms with Gasteiger partial charge in [0.05, 0.1) is 0 Å². The fourth-order valence-electron chi connectivity index (χ4n) is 0.